The van der Waals surface area contributed by atoms with Gasteiger partial charge in [-0.3, -0.25) is 0 Å². The molecular weight excluding hydrogens is 332 g/mol. The molecule has 2 aromatic rings. The SMILES string of the molecule is O=C(Nc1ccccc1)N(Cc1cccc(Cl)c1)C[C@@H]1CC=CCC1. The molecule has 0 radical (unpaired) electrons. The fourth-order valence-corrected chi connectivity index (χ4v) is 3.35. The smallest absolute Gasteiger partial charge is 0.320 e. The first kappa shape index (κ1) is 17.6. The zero-order valence-electron chi connectivity index (χ0n) is 14.2. The Bertz CT molecular complexity index is 730. The number of urea groups is 1. The molecule has 0 bridgehead atoms. The van der Waals surface area contributed by atoms with Crippen molar-refractivity contribution in [3.05, 3.63) is 77.3 Å². The van der Waals surface area contributed by atoms with Crippen molar-refractivity contribution in [1.29, 1.82) is 0 Å². The zero-order chi connectivity index (χ0) is 17.5. The van der Waals surface area contributed by atoms with E-state index >= 15 is 0 Å². The molecule has 0 aromatic heterocycles. The van der Waals surface area contributed by atoms with E-state index in [2.05, 4.69) is 17.5 Å². The molecule has 3 nitrogen and oxygen atoms in total. The van der Waals surface area contributed by atoms with E-state index < -0.39 is 0 Å². The molecule has 0 fully saturated rings. The molecule has 2 amide bonds. The van der Waals surface area contributed by atoms with Crippen LogP contribution in [0.5, 0.6) is 0 Å². The molecule has 0 heterocycles. The van der Waals surface area contributed by atoms with Crippen LogP contribution in [0.25, 0.3) is 0 Å². The average molecular weight is 355 g/mol. The first-order valence-corrected chi connectivity index (χ1v) is 9.09. The molecule has 0 spiro atoms. The lowest BCUT2D eigenvalue weighted by Gasteiger charge is -2.28. The second-order valence-corrected chi connectivity index (χ2v) is 6.89. The van der Waals surface area contributed by atoms with Crippen LogP contribution in [-0.2, 0) is 6.54 Å². The molecule has 0 saturated carbocycles. The van der Waals surface area contributed by atoms with Gasteiger partial charge in [-0.15, -0.1) is 0 Å². The lowest BCUT2D eigenvalue weighted by atomic mass is 9.94. The molecular formula is C21H23ClN2O. The summed E-state index contributed by atoms with van der Waals surface area (Å²) in [6.45, 7) is 1.30. The van der Waals surface area contributed by atoms with Gasteiger partial charge in [0, 0.05) is 23.8 Å². The minimum Gasteiger partial charge on any atom is -0.320 e. The number of amides is 2. The number of nitrogens with zero attached hydrogens (tertiary/aromatic N) is 1. The van der Waals surface area contributed by atoms with Gasteiger partial charge in [0.05, 0.1) is 0 Å². The standard InChI is InChI=1S/C21H23ClN2O/c22-19-11-7-10-18(14-19)16-24(15-17-8-3-1-4-9-17)21(25)23-20-12-5-2-6-13-20/h1-3,5-7,10-14,17H,4,8-9,15-16H2,(H,23,25)/t17-/m1/s1. The molecule has 1 aliphatic rings. The first-order chi connectivity index (χ1) is 12.2. The molecule has 1 atom stereocenters. The van der Waals surface area contributed by atoms with Gasteiger partial charge in [0.2, 0.25) is 0 Å². The third-order valence-corrected chi connectivity index (χ3v) is 4.67. The van der Waals surface area contributed by atoms with E-state index in [4.69, 9.17) is 11.6 Å². The highest BCUT2D eigenvalue weighted by molar-refractivity contribution is 6.30. The fraction of sp³-hybridized carbons (Fsp3) is 0.286. The summed E-state index contributed by atoms with van der Waals surface area (Å²) in [7, 11) is 0. The maximum Gasteiger partial charge on any atom is 0.322 e. The van der Waals surface area contributed by atoms with Gasteiger partial charge in [-0.1, -0.05) is 54.1 Å². The summed E-state index contributed by atoms with van der Waals surface area (Å²) in [4.78, 5) is 14.7. The molecule has 1 aliphatic carbocycles. The van der Waals surface area contributed by atoms with Gasteiger partial charge >= 0.3 is 6.03 Å². The van der Waals surface area contributed by atoms with E-state index in [1.165, 1.54) is 0 Å². The Morgan fingerprint density at radius 2 is 1.96 bits per heavy atom. The van der Waals surface area contributed by atoms with Gasteiger partial charge in [0.15, 0.2) is 0 Å². The Hall–Kier alpha value is -2.26. The molecule has 0 aliphatic heterocycles. The Kier molecular flexibility index (Phi) is 6.13. The van der Waals surface area contributed by atoms with Crippen LogP contribution < -0.4 is 5.32 Å². The van der Waals surface area contributed by atoms with E-state index in [1.54, 1.807) is 0 Å². The molecule has 2 aromatic carbocycles. The number of hydrogen-bond donors (Lipinski definition) is 1. The minimum absolute atomic E-state index is 0.0688. The van der Waals surface area contributed by atoms with Crippen molar-refractivity contribution in [2.75, 3.05) is 11.9 Å². The highest BCUT2D eigenvalue weighted by Crippen LogP contribution is 2.22. The molecule has 25 heavy (non-hydrogen) atoms. The lowest BCUT2D eigenvalue weighted by molar-refractivity contribution is 0.195. The average Bonchev–Trinajstić information content (AvgIpc) is 2.63. The van der Waals surface area contributed by atoms with Gasteiger partial charge in [-0.25, -0.2) is 4.79 Å². The first-order valence-electron chi connectivity index (χ1n) is 8.71. The second-order valence-electron chi connectivity index (χ2n) is 6.46. The Morgan fingerprint density at radius 3 is 2.68 bits per heavy atom. The van der Waals surface area contributed by atoms with Crippen molar-refractivity contribution in [3.63, 3.8) is 0 Å². The number of hydrogen-bond acceptors (Lipinski definition) is 1. The highest BCUT2D eigenvalue weighted by Gasteiger charge is 2.20. The largest absolute Gasteiger partial charge is 0.322 e. The Morgan fingerprint density at radius 1 is 1.12 bits per heavy atom. The predicted octanol–water partition coefficient (Wildman–Crippen LogP) is 5.73. The van der Waals surface area contributed by atoms with Crippen LogP contribution in [0.1, 0.15) is 24.8 Å². The van der Waals surface area contributed by atoms with E-state index in [0.29, 0.717) is 17.5 Å². The molecule has 4 heteroatoms. The van der Waals surface area contributed by atoms with Crippen LogP contribution in [-0.4, -0.2) is 17.5 Å². The van der Waals surface area contributed by atoms with Crippen molar-refractivity contribution in [2.45, 2.75) is 25.8 Å². The highest BCUT2D eigenvalue weighted by atomic mass is 35.5. The number of carbonyl (C=O) groups excluding carboxylic acids is 1. The summed E-state index contributed by atoms with van der Waals surface area (Å²) in [5.41, 5.74) is 1.86. The van der Waals surface area contributed by atoms with Crippen molar-refractivity contribution in [3.8, 4) is 0 Å². The summed E-state index contributed by atoms with van der Waals surface area (Å²) in [6.07, 6.45) is 7.70. The number of nitrogens with one attached hydrogen (secondary N) is 1. The number of rotatable bonds is 5. The van der Waals surface area contributed by atoms with Crippen molar-refractivity contribution >= 4 is 23.3 Å². The lowest BCUT2D eigenvalue weighted by Crippen LogP contribution is -2.38. The molecule has 0 saturated heterocycles. The predicted molar refractivity (Wildman–Crippen MR) is 104 cm³/mol. The van der Waals surface area contributed by atoms with Crippen LogP contribution >= 0.6 is 11.6 Å². The van der Waals surface area contributed by atoms with Gasteiger partial charge in [0.25, 0.3) is 0 Å². The monoisotopic (exact) mass is 354 g/mol. The number of allylic oxidation sites excluding steroid dienone is 2. The summed E-state index contributed by atoms with van der Waals surface area (Å²) < 4.78 is 0. The molecule has 3 rings (SSSR count). The number of benzene rings is 2. The fourth-order valence-electron chi connectivity index (χ4n) is 3.13. The van der Waals surface area contributed by atoms with E-state index in [-0.39, 0.29) is 6.03 Å². The summed E-state index contributed by atoms with van der Waals surface area (Å²) in [5.74, 6) is 0.505. The van der Waals surface area contributed by atoms with Crippen LogP contribution in [0.4, 0.5) is 10.5 Å². The van der Waals surface area contributed by atoms with Gasteiger partial charge < -0.3 is 10.2 Å². The van der Waals surface area contributed by atoms with E-state index in [9.17, 15) is 4.79 Å². The third kappa shape index (κ3) is 5.36. The van der Waals surface area contributed by atoms with E-state index in [0.717, 1.165) is 37.1 Å². The van der Waals surface area contributed by atoms with Gasteiger partial charge in [-0.2, -0.15) is 0 Å². The number of para-hydroxylation sites is 1. The van der Waals surface area contributed by atoms with Crippen LogP contribution in [0, 0.1) is 5.92 Å². The van der Waals surface area contributed by atoms with Crippen molar-refractivity contribution in [1.82, 2.24) is 4.90 Å². The number of anilines is 1. The van der Waals surface area contributed by atoms with Gasteiger partial charge in [-0.05, 0) is 55.0 Å². The molecule has 130 valence electrons. The number of carbonyl (C=O) groups is 1. The summed E-state index contributed by atoms with van der Waals surface area (Å²) in [6, 6.07) is 17.2. The number of halogens is 1. The van der Waals surface area contributed by atoms with E-state index in [1.807, 2.05) is 59.5 Å². The Labute approximate surface area is 154 Å². The van der Waals surface area contributed by atoms with Crippen LogP contribution in [0.2, 0.25) is 5.02 Å². The topological polar surface area (TPSA) is 32.3 Å². The maximum absolute atomic E-state index is 12.8. The van der Waals surface area contributed by atoms with Crippen LogP contribution in [0.15, 0.2) is 66.7 Å². The maximum atomic E-state index is 12.8. The van der Waals surface area contributed by atoms with Crippen LogP contribution in [0.3, 0.4) is 0 Å². The molecule has 1 N–H and O–H groups in total. The second kappa shape index (κ2) is 8.72. The molecule has 0 unspecified atom stereocenters. The minimum atomic E-state index is -0.0688. The third-order valence-electron chi connectivity index (χ3n) is 4.43. The zero-order valence-corrected chi connectivity index (χ0v) is 15.0. The van der Waals surface area contributed by atoms with Gasteiger partial charge in [0.1, 0.15) is 0 Å². The van der Waals surface area contributed by atoms with Crippen molar-refractivity contribution in [2.24, 2.45) is 5.92 Å². The summed E-state index contributed by atoms with van der Waals surface area (Å²) >= 11 is 6.10. The Balaban J connectivity index is 1.72. The van der Waals surface area contributed by atoms with Crippen molar-refractivity contribution < 1.29 is 4.79 Å². The summed E-state index contributed by atoms with van der Waals surface area (Å²) in [5, 5.41) is 3.70. The normalized spacial score (nSPS) is 16.4. The quantitative estimate of drug-likeness (QED) is 0.683.